The molecule has 7 nitrogen and oxygen atoms in total. The second kappa shape index (κ2) is 5.72. The largest absolute Gasteiger partial charge is 0.357 e. The van der Waals surface area contributed by atoms with Crippen LogP contribution in [0.3, 0.4) is 0 Å². The molecule has 0 radical (unpaired) electrons. The number of H-pyrrole nitrogens is 1. The van der Waals surface area contributed by atoms with Crippen LogP contribution in [0.5, 0.6) is 0 Å². The molecule has 0 atom stereocenters. The van der Waals surface area contributed by atoms with Gasteiger partial charge in [-0.25, -0.2) is 0 Å². The molecule has 0 fully saturated rings. The summed E-state index contributed by atoms with van der Waals surface area (Å²) in [5, 5.41) is 2.75. The zero-order valence-corrected chi connectivity index (χ0v) is 11.6. The van der Waals surface area contributed by atoms with Crippen molar-refractivity contribution in [2.45, 2.75) is 12.8 Å². The highest BCUT2D eigenvalue weighted by molar-refractivity contribution is 6.00. The Hall–Kier alpha value is -3.09. The number of benzene rings is 1. The van der Waals surface area contributed by atoms with Gasteiger partial charge in [0, 0.05) is 23.9 Å². The first-order valence-electron chi connectivity index (χ1n) is 6.80. The smallest absolute Gasteiger partial charge is 0.286 e. The highest BCUT2D eigenvalue weighted by Gasteiger charge is 2.17. The lowest BCUT2D eigenvalue weighted by Gasteiger charge is -2.17. The van der Waals surface area contributed by atoms with Gasteiger partial charge in [-0.2, -0.15) is 0 Å². The standard InChI is InChI=1S/C15H14N4O3/c20-13-6-4-9-8-10(3-5-11(9)17-13)14(21)18-19-15(22)12-2-1-7-16-12/h1-3,5,7-8,16H,4,6H2,(H,17,20)(H,18,21)(H,19,22). The first-order valence-corrected chi connectivity index (χ1v) is 6.80. The summed E-state index contributed by atoms with van der Waals surface area (Å²) in [5.41, 5.74) is 7.09. The highest BCUT2D eigenvalue weighted by atomic mass is 16.2. The van der Waals surface area contributed by atoms with Gasteiger partial charge in [-0.3, -0.25) is 25.2 Å². The van der Waals surface area contributed by atoms with Crippen LogP contribution in [0.2, 0.25) is 0 Å². The number of carbonyl (C=O) groups excluding carboxylic acids is 3. The fraction of sp³-hybridized carbons (Fsp3) is 0.133. The van der Waals surface area contributed by atoms with Crippen molar-refractivity contribution in [1.82, 2.24) is 15.8 Å². The minimum atomic E-state index is -0.427. The monoisotopic (exact) mass is 298 g/mol. The first kappa shape index (κ1) is 13.9. The quantitative estimate of drug-likeness (QED) is 0.621. The number of hydrogen-bond acceptors (Lipinski definition) is 3. The van der Waals surface area contributed by atoms with Crippen molar-refractivity contribution in [3.63, 3.8) is 0 Å². The summed E-state index contributed by atoms with van der Waals surface area (Å²) in [6, 6.07) is 8.29. The third-order valence-corrected chi connectivity index (χ3v) is 3.40. The minimum Gasteiger partial charge on any atom is -0.357 e. The van der Waals surface area contributed by atoms with Crippen molar-refractivity contribution < 1.29 is 14.4 Å². The summed E-state index contributed by atoms with van der Waals surface area (Å²) in [7, 11) is 0. The van der Waals surface area contributed by atoms with E-state index in [0.29, 0.717) is 24.1 Å². The molecule has 0 aliphatic carbocycles. The van der Waals surface area contributed by atoms with E-state index in [1.165, 1.54) is 0 Å². The average molecular weight is 298 g/mol. The van der Waals surface area contributed by atoms with Gasteiger partial charge in [0.15, 0.2) is 0 Å². The van der Waals surface area contributed by atoms with Gasteiger partial charge in [-0.1, -0.05) is 0 Å². The van der Waals surface area contributed by atoms with Gasteiger partial charge in [0.1, 0.15) is 5.69 Å². The Bertz CT molecular complexity index is 737. The Balaban J connectivity index is 1.65. The number of fused-ring (bicyclic) bond motifs is 1. The number of aromatic amines is 1. The van der Waals surface area contributed by atoms with E-state index in [-0.39, 0.29) is 5.91 Å². The molecular weight excluding hydrogens is 284 g/mol. The summed E-state index contributed by atoms with van der Waals surface area (Å²) in [4.78, 5) is 37.8. The van der Waals surface area contributed by atoms with E-state index in [0.717, 1.165) is 11.3 Å². The maximum atomic E-state index is 12.0. The van der Waals surface area contributed by atoms with Gasteiger partial charge in [-0.15, -0.1) is 0 Å². The SMILES string of the molecule is O=C1CCc2cc(C(=O)NNC(=O)c3ccc[nH]3)ccc2N1. The van der Waals surface area contributed by atoms with Crippen LogP contribution < -0.4 is 16.2 Å². The van der Waals surface area contributed by atoms with E-state index < -0.39 is 11.8 Å². The molecule has 2 heterocycles. The average Bonchev–Trinajstić information content (AvgIpc) is 3.06. The van der Waals surface area contributed by atoms with Crippen molar-refractivity contribution in [3.8, 4) is 0 Å². The maximum Gasteiger partial charge on any atom is 0.286 e. The number of carbonyl (C=O) groups is 3. The second-order valence-electron chi connectivity index (χ2n) is 4.91. The van der Waals surface area contributed by atoms with Crippen molar-refractivity contribution >= 4 is 23.4 Å². The number of amides is 3. The van der Waals surface area contributed by atoms with Gasteiger partial charge in [-0.05, 0) is 42.3 Å². The summed E-state index contributed by atoms with van der Waals surface area (Å²) in [5.74, 6) is -0.869. The molecule has 22 heavy (non-hydrogen) atoms. The van der Waals surface area contributed by atoms with Crippen molar-refractivity contribution in [2.75, 3.05) is 5.32 Å². The molecule has 0 unspecified atom stereocenters. The third kappa shape index (κ3) is 2.83. The number of hydrogen-bond donors (Lipinski definition) is 4. The lowest BCUT2D eigenvalue weighted by molar-refractivity contribution is -0.116. The Morgan fingerprint density at radius 3 is 2.64 bits per heavy atom. The molecule has 112 valence electrons. The normalized spacial score (nSPS) is 13.0. The van der Waals surface area contributed by atoms with E-state index in [1.807, 2.05) is 0 Å². The van der Waals surface area contributed by atoms with E-state index in [4.69, 9.17) is 0 Å². The van der Waals surface area contributed by atoms with E-state index >= 15 is 0 Å². The third-order valence-electron chi connectivity index (χ3n) is 3.40. The van der Waals surface area contributed by atoms with Crippen LogP contribution >= 0.6 is 0 Å². The predicted octanol–water partition coefficient (Wildman–Crippen LogP) is 0.974. The summed E-state index contributed by atoms with van der Waals surface area (Å²) >= 11 is 0. The van der Waals surface area contributed by atoms with Gasteiger partial charge >= 0.3 is 0 Å². The van der Waals surface area contributed by atoms with Gasteiger partial charge < -0.3 is 10.3 Å². The van der Waals surface area contributed by atoms with Crippen molar-refractivity contribution in [3.05, 3.63) is 53.3 Å². The number of aryl methyl sites for hydroxylation is 1. The fourth-order valence-corrected chi connectivity index (χ4v) is 2.25. The first-order chi connectivity index (χ1) is 10.6. The molecule has 4 N–H and O–H groups in total. The Kier molecular flexibility index (Phi) is 3.61. The molecule has 0 saturated carbocycles. The van der Waals surface area contributed by atoms with Crippen molar-refractivity contribution in [2.24, 2.45) is 0 Å². The highest BCUT2D eigenvalue weighted by Crippen LogP contribution is 2.23. The lowest BCUT2D eigenvalue weighted by atomic mass is 10.0. The molecular formula is C15H14N4O3. The molecule has 7 heteroatoms. The molecule has 0 saturated heterocycles. The molecule has 0 bridgehead atoms. The van der Waals surface area contributed by atoms with Crippen molar-refractivity contribution in [1.29, 1.82) is 0 Å². The summed E-state index contributed by atoms with van der Waals surface area (Å²) < 4.78 is 0. The van der Waals surface area contributed by atoms with Crippen LogP contribution in [-0.4, -0.2) is 22.7 Å². The van der Waals surface area contributed by atoms with E-state index in [2.05, 4.69) is 21.2 Å². The minimum absolute atomic E-state index is 0.0251. The van der Waals surface area contributed by atoms with E-state index in [1.54, 1.807) is 36.5 Å². The number of nitrogens with one attached hydrogen (secondary N) is 4. The number of aromatic nitrogens is 1. The Labute approximate surface area is 126 Å². The number of rotatable bonds is 2. The van der Waals surface area contributed by atoms with Crippen LogP contribution in [0.4, 0.5) is 5.69 Å². The van der Waals surface area contributed by atoms with Crippen LogP contribution in [0.15, 0.2) is 36.5 Å². The molecule has 1 aliphatic heterocycles. The molecule has 2 aromatic rings. The molecule has 3 rings (SSSR count). The zero-order valence-electron chi connectivity index (χ0n) is 11.6. The van der Waals surface area contributed by atoms with Gasteiger partial charge in [0.05, 0.1) is 0 Å². The second-order valence-corrected chi connectivity index (χ2v) is 4.91. The predicted molar refractivity (Wildman–Crippen MR) is 79.1 cm³/mol. The number of anilines is 1. The van der Waals surface area contributed by atoms with Gasteiger partial charge in [0.2, 0.25) is 5.91 Å². The number of hydrazine groups is 1. The van der Waals surface area contributed by atoms with E-state index in [9.17, 15) is 14.4 Å². The molecule has 1 aliphatic rings. The maximum absolute atomic E-state index is 12.0. The van der Waals surface area contributed by atoms with Crippen LogP contribution in [-0.2, 0) is 11.2 Å². The zero-order chi connectivity index (χ0) is 15.5. The fourth-order valence-electron chi connectivity index (χ4n) is 2.25. The van der Waals surface area contributed by atoms with Crippen LogP contribution in [0.1, 0.15) is 32.8 Å². The van der Waals surface area contributed by atoms with Gasteiger partial charge in [0.25, 0.3) is 11.8 Å². The molecule has 3 amide bonds. The molecule has 1 aromatic heterocycles. The lowest BCUT2D eigenvalue weighted by Crippen LogP contribution is -2.41. The van der Waals surface area contributed by atoms with Crippen LogP contribution in [0, 0.1) is 0 Å². The Morgan fingerprint density at radius 2 is 1.86 bits per heavy atom. The molecule has 0 spiro atoms. The Morgan fingerprint density at radius 1 is 1.05 bits per heavy atom. The summed E-state index contributed by atoms with van der Waals surface area (Å²) in [6.07, 6.45) is 2.62. The van der Waals surface area contributed by atoms with Crippen LogP contribution in [0.25, 0.3) is 0 Å². The topological polar surface area (TPSA) is 103 Å². The molecule has 1 aromatic carbocycles. The summed E-state index contributed by atoms with van der Waals surface area (Å²) in [6.45, 7) is 0.